The summed E-state index contributed by atoms with van der Waals surface area (Å²) >= 11 is 0. The van der Waals surface area contributed by atoms with E-state index in [1.807, 2.05) is 0 Å². The van der Waals surface area contributed by atoms with Crippen LogP contribution in [0.4, 0.5) is 34.1 Å². The van der Waals surface area contributed by atoms with Crippen LogP contribution in [0.15, 0.2) is 267 Å². The highest BCUT2D eigenvalue weighted by Crippen LogP contribution is 2.57. The Balaban J connectivity index is 1.07. The van der Waals surface area contributed by atoms with Gasteiger partial charge in [0.05, 0.1) is 33.4 Å². The van der Waals surface area contributed by atoms with Gasteiger partial charge in [0.1, 0.15) is 0 Å². The molecule has 13 aromatic carbocycles. The van der Waals surface area contributed by atoms with E-state index in [9.17, 15) is 0 Å². The van der Waals surface area contributed by atoms with Crippen molar-refractivity contribution >= 4 is 101 Å². The molecule has 1 saturated carbocycles. The number of rotatable bonds is 9. The fraction of sp³-hybridized carbons (Fsp3) is 0.278. The standard InChI is InChI=1S/C108H109BN4/c1-103(2,3)74-54-72(55-75(60-74)104(4,5)6)88-64-78(107(13,14)15)62-86(69-38-24-20-25-39-69)101(88)112-96-66-80(110-92-46-32-28-42-82(92)83-43-29-33-47-93(83)110)50-52-90(96)109-91-53-51-81(111-94-48-34-30-44-84(94)85-45-31-35-49-95(85)111)67-97(91)113(99-59-71(58-98(112)100(99)109)68-36-22-19-23-37-68)102-87(70-40-26-21-27-41-70)63-79(108(16,17)18)65-89(102)73-56-76(105(7,8)9)61-77(57-73)106(10,11)12/h20-21,24-35,38-68H,19,22-23,36-37H2,1-18H3. The molecular weight excluding hydrogens is 1360 g/mol. The van der Waals surface area contributed by atoms with E-state index in [0.717, 1.165) is 24.2 Å². The second-order valence-electron chi connectivity index (χ2n) is 39.3. The molecule has 0 radical (unpaired) electrons. The van der Waals surface area contributed by atoms with Crippen molar-refractivity contribution in [2.24, 2.45) is 0 Å². The topological polar surface area (TPSA) is 16.3 Å². The molecule has 4 heterocycles. The summed E-state index contributed by atoms with van der Waals surface area (Å²) in [5.41, 5.74) is 36.0. The Hall–Kier alpha value is -10.9. The van der Waals surface area contributed by atoms with Gasteiger partial charge in [0, 0.05) is 77.9 Å². The molecule has 0 spiro atoms. The molecule has 0 N–H and O–H groups in total. The zero-order valence-electron chi connectivity index (χ0n) is 69.9. The summed E-state index contributed by atoms with van der Waals surface area (Å²) in [6.07, 6.45) is 5.87. The molecule has 1 aliphatic carbocycles. The fourth-order valence-corrected chi connectivity index (χ4v) is 18.9. The molecule has 0 unspecified atom stereocenters. The molecule has 113 heavy (non-hydrogen) atoms. The first-order valence-corrected chi connectivity index (χ1v) is 41.7. The number of hydrogen-bond donors (Lipinski definition) is 0. The third-order valence-electron chi connectivity index (χ3n) is 25.3. The van der Waals surface area contributed by atoms with Crippen LogP contribution >= 0.6 is 0 Å². The lowest BCUT2D eigenvalue weighted by atomic mass is 9.33. The van der Waals surface area contributed by atoms with Gasteiger partial charge in [-0.3, -0.25) is 0 Å². The third-order valence-corrected chi connectivity index (χ3v) is 25.3. The summed E-state index contributed by atoms with van der Waals surface area (Å²) in [4.78, 5) is 5.69. The maximum atomic E-state index is 2.85. The summed E-state index contributed by atoms with van der Waals surface area (Å²) < 4.78 is 5.10. The van der Waals surface area contributed by atoms with E-state index in [-0.39, 0.29) is 39.2 Å². The monoisotopic (exact) mass is 1470 g/mol. The van der Waals surface area contributed by atoms with Gasteiger partial charge in [-0.15, -0.1) is 0 Å². The molecule has 18 rings (SSSR count). The molecule has 5 heteroatoms. The molecule has 15 aromatic rings. The molecule has 0 atom stereocenters. The van der Waals surface area contributed by atoms with Gasteiger partial charge >= 0.3 is 0 Å². The third kappa shape index (κ3) is 12.8. The molecular formula is C108H109BN4. The molecule has 564 valence electrons. The van der Waals surface area contributed by atoms with E-state index < -0.39 is 0 Å². The Bertz CT molecular complexity index is 5750. The van der Waals surface area contributed by atoms with E-state index in [4.69, 9.17) is 0 Å². The van der Waals surface area contributed by atoms with Gasteiger partial charge in [-0.25, -0.2) is 0 Å². The number of benzene rings is 13. The average molecular weight is 1470 g/mol. The van der Waals surface area contributed by atoms with Gasteiger partial charge in [0.25, 0.3) is 6.71 Å². The quantitative estimate of drug-likeness (QED) is 0.134. The molecule has 2 aromatic heterocycles. The van der Waals surface area contributed by atoms with Crippen LogP contribution in [0.5, 0.6) is 0 Å². The van der Waals surface area contributed by atoms with E-state index in [2.05, 4.69) is 410 Å². The maximum Gasteiger partial charge on any atom is 0.252 e. The highest BCUT2D eigenvalue weighted by molar-refractivity contribution is 7.00. The number of anilines is 6. The Morgan fingerprint density at radius 3 is 0.876 bits per heavy atom. The van der Waals surface area contributed by atoms with Gasteiger partial charge in [0.15, 0.2) is 0 Å². The lowest BCUT2D eigenvalue weighted by Crippen LogP contribution is -2.61. The number of aromatic nitrogens is 2. The molecule has 0 amide bonds. The molecule has 3 aliphatic rings. The first kappa shape index (κ1) is 73.6. The molecule has 0 saturated heterocycles. The zero-order valence-corrected chi connectivity index (χ0v) is 69.9. The first-order valence-electron chi connectivity index (χ1n) is 41.7. The van der Waals surface area contributed by atoms with Crippen molar-refractivity contribution in [3.8, 4) is 55.9 Å². The summed E-state index contributed by atoms with van der Waals surface area (Å²) in [5, 5.41) is 4.98. The van der Waals surface area contributed by atoms with E-state index in [1.54, 1.807) is 0 Å². The number of para-hydroxylation sites is 4. The van der Waals surface area contributed by atoms with E-state index in [0.29, 0.717) is 5.92 Å². The SMILES string of the molecule is CC(C)(C)c1cc(-c2cc(C(C)(C)C)cc(-c3ccccc3)c2N2c3cc(-n4c5ccccc5c5ccccc54)ccc3B3c4ccc(-n5c6ccccc6c6ccccc65)cc4N(c4c(-c5ccccc5)cc(C(C)(C)C)cc4-c4cc(C(C)(C)C)cc(C(C)(C)C)c4)c4cc(C5CCCCC5)cc2c43)cc(C(C)(C)C)c1. The fourth-order valence-electron chi connectivity index (χ4n) is 18.9. The second kappa shape index (κ2) is 26.9. The van der Waals surface area contributed by atoms with Crippen molar-refractivity contribution in [3.63, 3.8) is 0 Å². The van der Waals surface area contributed by atoms with Crippen molar-refractivity contribution < 1.29 is 0 Å². The zero-order chi connectivity index (χ0) is 78.7. The molecule has 2 aliphatic heterocycles. The molecule has 1 fully saturated rings. The Morgan fingerprint density at radius 1 is 0.265 bits per heavy atom. The van der Waals surface area contributed by atoms with Crippen molar-refractivity contribution in [3.05, 3.63) is 306 Å². The first-order chi connectivity index (χ1) is 53.8. The predicted octanol–water partition coefficient (Wildman–Crippen LogP) is 28.5. The lowest BCUT2D eigenvalue weighted by molar-refractivity contribution is 0.444. The summed E-state index contributed by atoms with van der Waals surface area (Å²) in [7, 11) is 0. The normalized spacial score (nSPS) is 14.4. The van der Waals surface area contributed by atoms with Crippen molar-refractivity contribution in [2.45, 2.75) is 195 Å². The van der Waals surface area contributed by atoms with Crippen LogP contribution in [0.25, 0.3) is 99.5 Å². The Kier molecular flexibility index (Phi) is 17.5. The highest BCUT2D eigenvalue weighted by atomic mass is 15.2. The van der Waals surface area contributed by atoms with Gasteiger partial charge in [-0.1, -0.05) is 326 Å². The van der Waals surface area contributed by atoms with Crippen LogP contribution < -0.4 is 26.2 Å². The van der Waals surface area contributed by atoms with Crippen LogP contribution in [0.1, 0.15) is 202 Å². The van der Waals surface area contributed by atoms with Gasteiger partial charge < -0.3 is 18.9 Å². The maximum absolute atomic E-state index is 2.85. The van der Waals surface area contributed by atoms with Crippen molar-refractivity contribution in [1.82, 2.24) is 9.13 Å². The van der Waals surface area contributed by atoms with Crippen LogP contribution in [0.2, 0.25) is 0 Å². The minimum Gasteiger partial charge on any atom is -0.310 e. The Labute approximate surface area is 672 Å². The average Bonchev–Trinajstić information content (AvgIpc) is 0.737. The largest absolute Gasteiger partial charge is 0.310 e. The van der Waals surface area contributed by atoms with Crippen LogP contribution in [-0.2, 0) is 32.5 Å². The smallest absolute Gasteiger partial charge is 0.252 e. The van der Waals surface area contributed by atoms with E-state index >= 15 is 0 Å². The summed E-state index contributed by atoms with van der Waals surface area (Å²) in [5.74, 6) is 0.311. The Morgan fingerprint density at radius 2 is 0.558 bits per heavy atom. The van der Waals surface area contributed by atoms with Gasteiger partial charge in [-0.2, -0.15) is 0 Å². The van der Waals surface area contributed by atoms with E-state index in [1.165, 1.54) is 197 Å². The second-order valence-corrected chi connectivity index (χ2v) is 39.3. The number of nitrogens with zero attached hydrogens (tertiary/aromatic N) is 4. The summed E-state index contributed by atoms with van der Waals surface area (Å²) in [6, 6.07) is 105. The minimum absolute atomic E-state index is 0.154. The van der Waals surface area contributed by atoms with Crippen LogP contribution in [0.3, 0.4) is 0 Å². The number of hydrogen-bond acceptors (Lipinski definition) is 2. The van der Waals surface area contributed by atoms with Crippen molar-refractivity contribution in [1.29, 1.82) is 0 Å². The van der Waals surface area contributed by atoms with Crippen molar-refractivity contribution in [2.75, 3.05) is 9.80 Å². The summed E-state index contributed by atoms with van der Waals surface area (Å²) in [6.45, 7) is 42.9. The minimum atomic E-state index is -0.235. The predicted molar refractivity (Wildman–Crippen MR) is 489 cm³/mol. The lowest BCUT2D eigenvalue weighted by Gasteiger charge is -2.46. The van der Waals surface area contributed by atoms with Crippen LogP contribution in [0, 0.1) is 0 Å². The highest BCUT2D eigenvalue weighted by Gasteiger charge is 2.47. The van der Waals surface area contributed by atoms with Crippen LogP contribution in [-0.4, -0.2) is 15.8 Å². The van der Waals surface area contributed by atoms with Gasteiger partial charge in [-0.05, 0) is 214 Å². The molecule has 4 nitrogen and oxygen atoms in total. The molecule has 0 bridgehead atoms. The number of fused-ring (bicyclic) bond motifs is 10. The van der Waals surface area contributed by atoms with Gasteiger partial charge in [0.2, 0.25) is 0 Å².